The summed E-state index contributed by atoms with van der Waals surface area (Å²) in [5, 5.41) is -0.459. The number of amides is 2. The maximum Gasteiger partial charge on any atom is 0.328 e. The van der Waals surface area contributed by atoms with Crippen molar-refractivity contribution in [1.82, 2.24) is 9.47 Å². The van der Waals surface area contributed by atoms with Crippen molar-refractivity contribution in [3.05, 3.63) is 27.9 Å². The van der Waals surface area contributed by atoms with Crippen LogP contribution in [0.25, 0.3) is 6.08 Å². The lowest BCUT2D eigenvalue weighted by Crippen LogP contribution is -2.42. The predicted molar refractivity (Wildman–Crippen MR) is 84.2 cm³/mol. The Bertz CT molecular complexity index is 690. The molecule has 0 bridgehead atoms. The number of methoxy groups -OCH3 is 1. The molecule has 0 aliphatic carbocycles. The smallest absolute Gasteiger partial charge is 0.328 e. The largest absolute Gasteiger partial charge is 0.467 e. The van der Waals surface area contributed by atoms with Gasteiger partial charge in [-0.2, -0.15) is 0 Å². The summed E-state index contributed by atoms with van der Waals surface area (Å²) in [6.45, 7) is 5.39. The van der Waals surface area contributed by atoms with Crippen molar-refractivity contribution in [2.45, 2.75) is 26.8 Å². The first-order valence-corrected chi connectivity index (χ1v) is 7.57. The van der Waals surface area contributed by atoms with E-state index in [9.17, 15) is 14.4 Å². The average molecular weight is 322 g/mol. The average Bonchev–Trinajstić information content (AvgIpc) is 2.89. The number of thioether (sulfide) groups is 1. The van der Waals surface area contributed by atoms with Crippen LogP contribution in [0.15, 0.2) is 11.0 Å². The molecule has 6 nitrogen and oxygen atoms in total. The number of hydrogen-bond donors (Lipinski definition) is 0. The Kier molecular flexibility index (Phi) is 4.46. The Labute approximate surface area is 133 Å². The molecule has 1 atom stereocenters. The van der Waals surface area contributed by atoms with Crippen molar-refractivity contribution in [3.8, 4) is 0 Å². The molecule has 118 valence electrons. The third kappa shape index (κ3) is 2.68. The maximum atomic E-state index is 12.4. The van der Waals surface area contributed by atoms with Crippen LogP contribution in [0.3, 0.4) is 0 Å². The van der Waals surface area contributed by atoms with E-state index in [-0.39, 0.29) is 0 Å². The minimum Gasteiger partial charge on any atom is -0.467 e. The Morgan fingerprint density at radius 2 is 2.00 bits per heavy atom. The van der Waals surface area contributed by atoms with Gasteiger partial charge in [-0.05, 0) is 50.2 Å². The van der Waals surface area contributed by atoms with E-state index in [2.05, 4.69) is 4.74 Å². The summed E-state index contributed by atoms with van der Waals surface area (Å²) in [5.74, 6) is -1.08. The van der Waals surface area contributed by atoms with Crippen LogP contribution in [0.5, 0.6) is 0 Å². The highest BCUT2D eigenvalue weighted by atomic mass is 32.2. The number of aryl methyl sites for hydroxylation is 1. The Morgan fingerprint density at radius 1 is 1.36 bits per heavy atom. The van der Waals surface area contributed by atoms with Gasteiger partial charge in [0.25, 0.3) is 11.1 Å². The molecule has 1 saturated heterocycles. The second kappa shape index (κ2) is 6.00. The van der Waals surface area contributed by atoms with Gasteiger partial charge in [-0.1, -0.05) is 0 Å². The molecule has 0 N–H and O–H groups in total. The molecule has 1 fully saturated rings. The highest BCUT2D eigenvalue weighted by molar-refractivity contribution is 8.18. The molecule has 22 heavy (non-hydrogen) atoms. The zero-order valence-corrected chi connectivity index (χ0v) is 14.0. The Hall–Kier alpha value is -2.02. The van der Waals surface area contributed by atoms with Crippen molar-refractivity contribution >= 4 is 35.0 Å². The fraction of sp³-hybridized carbons (Fsp3) is 0.400. The number of rotatable bonds is 3. The third-order valence-electron chi connectivity index (χ3n) is 3.85. The van der Waals surface area contributed by atoms with E-state index >= 15 is 0 Å². The molecule has 2 heterocycles. The number of carbonyl (C=O) groups excluding carboxylic acids is 3. The molecule has 1 aliphatic rings. The van der Waals surface area contributed by atoms with Gasteiger partial charge in [0.2, 0.25) is 0 Å². The summed E-state index contributed by atoms with van der Waals surface area (Å²) in [4.78, 5) is 37.2. The zero-order chi connectivity index (χ0) is 16.6. The number of aromatic nitrogens is 1. The SMILES string of the molecule is COC(=O)[C@@H](C)N1C(=O)S/C(=C/c2cc(C)n(C)c2C)C1=O. The fourth-order valence-electron chi connectivity index (χ4n) is 2.26. The molecule has 2 rings (SSSR count). The zero-order valence-electron chi connectivity index (χ0n) is 13.2. The van der Waals surface area contributed by atoms with Crippen molar-refractivity contribution in [2.75, 3.05) is 7.11 Å². The number of ether oxygens (including phenoxy) is 1. The van der Waals surface area contributed by atoms with Crippen LogP contribution in [0.1, 0.15) is 23.9 Å². The molecule has 0 radical (unpaired) electrons. The van der Waals surface area contributed by atoms with Crippen LogP contribution in [0.4, 0.5) is 4.79 Å². The molecule has 1 aromatic heterocycles. The first-order chi connectivity index (χ1) is 10.3. The number of hydrogen-bond acceptors (Lipinski definition) is 5. The number of imide groups is 1. The molecular weight excluding hydrogens is 304 g/mol. The molecule has 0 spiro atoms. The van der Waals surface area contributed by atoms with Gasteiger partial charge in [-0.25, -0.2) is 4.79 Å². The van der Waals surface area contributed by atoms with Crippen molar-refractivity contribution < 1.29 is 19.1 Å². The lowest BCUT2D eigenvalue weighted by Gasteiger charge is -2.18. The van der Waals surface area contributed by atoms with E-state index in [0.717, 1.165) is 33.6 Å². The summed E-state index contributed by atoms with van der Waals surface area (Å²) in [6, 6.07) is 1.02. The van der Waals surface area contributed by atoms with Gasteiger partial charge in [0.05, 0.1) is 12.0 Å². The van der Waals surface area contributed by atoms with E-state index in [4.69, 9.17) is 0 Å². The van der Waals surface area contributed by atoms with Gasteiger partial charge >= 0.3 is 5.97 Å². The van der Waals surface area contributed by atoms with Crippen LogP contribution in [-0.2, 0) is 21.4 Å². The van der Waals surface area contributed by atoms with Gasteiger partial charge in [0, 0.05) is 18.4 Å². The number of carbonyl (C=O) groups is 3. The second-order valence-electron chi connectivity index (χ2n) is 5.14. The molecule has 2 amide bonds. The molecule has 1 aromatic rings. The quantitative estimate of drug-likeness (QED) is 0.630. The standard InChI is InChI=1S/C15H18N2O4S/c1-8-6-11(9(2)16(8)4)7-12-13(18)17(15(20)22-12)10(3)14(19)21-5/h6-7,10H,1-5H3/b12-7+/t10-/m1/s1. The van der Waals surface area contributed by atoms with Crippen LogP contribution in [0, 0.1) is 13.8 Å². The Balaban J connectivity index is 2.33. The maximum absolute atomic E-state index is 12.4. The second-order valence-corrected chi connectivity index (χ2v) is 6.13. The van der Waals surface area contributed by atoms with E-state index in [1.54, 1.807) is 6.08 Å². The van der Waals surface area contributed by atoms with Crippen LogP contribution in [-0.4, -0.2) is 39.7 Å². The van der Waals surface area contributed by atoms with Gasteiger partial charge in [-0.15, -0.1) is 0 Å². The summed E-state index contributed by atoms with van der Waals surface area (Å²) < 4.78 is 6.60. The van der Waals surface area contributed by atoms with Crippen molar-refractivity contribution in [3.63, 3.8) is 0 Å². The van der Waals surface area contributed by atoms with E-state index in [1.165, 1.54) is 14.0 Å². The van der Waals surface area contributed by atoms with Gasteiger partial charge in [0.1, 0.15) is 6.04 Å². The molecule has 1 aliphatic heterocycles. The number of esters is 1. The van der Waals surface area contributed by atoms with Crippen LogP contribution < -0.4 is 0 Å². The molecule has 0 unspecified atom stereocenters. The first kappa shape index (κ1) is 16.4. The topological polar surface area (TPSA) is 68.6 Å². The highest BCUT2D eigenvalue weighted by Gasteiger charge is 2.41. The summed E-state index contributed by atoms with van der Waals surface area (Å²) in [5.41, 5.74) is 2.95. The lowest BCUT2D eigenvalue weighted by atomic mass is 10.2. The molecule has 7 heteroatoms. The monoisotopic (exact) mass is 322 g/mol. The van der Waals surface area contributed by atoms with E-state index < -0.39 is 23.2 Å². The van der Waals surface area contributed by atoms with Crippen LogP contribution in [0.2, 0.25) is 0 Å². The molecular formula is C15H18N2O4S. The Morgan fingerprint density at radius 3 is 2.50 bits per heavy atom. The van der Waals surface area contributed by atoms with Crippen molar-refractivity contribution in [1.29, 1.82) is 0 Å². The van der Waals surface area contributed by atoms with Gasteiger partial charge in [-0.3, -0.25) is 14.5 Å². The fourth-order valence-corrected chi connectivity index (χ4v) is 3.16. The third-order valence-corrected chi connectivity index (χ3v) is 4.74. The minimum atomic E-state index is -0.929. The summed E-state index contributed by atoms with van der Waals surface area (Å²) in [7, 11) is 3.16. The lowest BCUT2D eigenvalue weighted by molar-refractivity contribution is -0.148. The number of nitrogens with zero attached hydrogens (tertiary/aromatic N) is 2. The normalized spacial score (nSPS) is 18.2. The minimum absolute atomic E-state index is 0.314. The highest BCUT2D eigenvalue weighted by Crippen LogP contribution is 2.34. The summed E-state index contributed by atoms with van der Waals surface area (Å²) in [6.07, 6.45) is 1.69. The molecule has 0 saturated carbocycles. The summed E-state index contributed by atoms with van der Waals surface area (Å²) >= 11 is 0.838. The van der Waals surface area contributed by atoms with Crippen molar-refractivity contribution in [2.24, 2.45) is 7.05 Å². The van der Waals surface area contributed by atoms with Gasteiger partial charge < -0.3 is 9.30 Å². The van der Waals surface area contributed by atoms with Gasteiger partial charge in [0.15, 0.2) is 0 Å². The van der Waals surface area contributed by atoms with E-state index in [0.29, 0.717) is 4.91 Å². The first-order valence-electron chi connectivity index (χ1n) is 6.75. The molecule has 0 aromatic carbocycles. The van der Waals surface area contributed by atoms with E-state index in [1.807, 2.05) is 31.5 Å². The predicted octanol–water partition coefficient (Wildman–Crippen LogP) is 2.24. The van der Waals surface area contributed by atoms with Crippen LogP contribution >= 0.6 is 11.8 Å².